The van der Waals surface area contributed by atoms with Crippen molar-refractivity contribution in [2.24, 2.45) is 0 Å². The highest BCUT2D eigenvalue weighted by Gasteiger charge is 2.38. The predicted octanol–water partition coefficient (Wildman–Crippen LogP) is 2.94. The average Bonchev–Trinajstić information content (AvgIpc) is 2.82. The van der Waals surface area contributed by atoms with Gasteiger partial charge in [0.15, 0.2) is 5.75 Å². The number of carbonyl (C=O) groups excluding carboxylic acids is 2. The number of methoxy groups -OCH3 is 2. The first-order valence-electron chi connectivity index (χ1n) is 7.15. The lowest BCUT2D eigenvalue weighted by Crippen LogP contribution is -2.33. The molecule has 2 rings (SSSR count). The van der Waals surface area contributed by atoms with E-state index in [9.17, 15) is 9.59 Å². The normalized spacial score (nSPS) is 14.7. The van der Waals surface area contributed by atoms with E-state index < -0.39 is 11.9 Å². The maximum Gasteiger partial charge on any atom is 0.326 e. The summed E-state index contributed by atoms with van der Waals surface area (Å²) in [6.07, 6.45) is 2.28. The van der Waals surface area contributed by atoms with Gasteiger partial charge in [0, 0.05) is 17.1 Å². The van der Waals surface area contributed by atoms with Gasteiger partial charge >= 0.3 is 6.03 Å². The average molecular weight is 399 g/mol. The summed E-state index contributed by atoms with van der Waals surface area (Å²) in [5.41, 5.74) is 1.04. The van der Waals surface area contributed by atoms with Crippen LogP contribution < -0.4 is 20.1 Å². The molecule has 0 spiro atoms. The molecule has 0 fully saturated rings. The third-order valence-corrected chi connectivity index (χ3v) is 4.07. The van der Waals surface area contributed by atoms with Crippen molar-refractivity contribution >= 4 is 33.6 Å². The molecule has 1 aromatic carbocycles. The summed E-state index contributed by atoms with van der Waals surface area (Å²) in [7, 11) is 2.98. The van der Waals surface area contributed by atoms with Crippen LogP contribution in [-0.2, 0) is 14.9 Å². The molecule has 1 aliphatic heterocycles. The van der Waals surface area contributed by atoms with Gasteiger partial charge in [0.05, 0.1) is 37.2 Å². The molecule has 0 radical (unpaired) electrons. The van der Waals surface area contributed by atoms with E-state index in [2.05, 4.69) is 31.3 Å². The third kappa shape index (κ3) is 3.64. The zero-order chi connectivity index (χ0) is 17.9. The minimum Gasteiger partial charge on any atom is -0.504 e. The molecule has 1 aromatic rings. The number of amides is 3. The zero-order valence-electron chi connectivity index (χ0n) is 13.9. The summed E-state index contributed by atoms with van der Waals surface area (Å²) in [6.45, 7) is 4.51. The number of anilines is 1. The fourth-order valence-corrected chi connectivity index (χ4v) is 3.02. The van der Waals surface area contributed by atoms with Gasteiger partial charge in [0.25, 0.3) is 5.91 Å². The molecule has 24 heavy (non-hydrogen) atoms. The van der Waals surface area contributed by atoms with E-state index in [1.165, 1.54) is 13.4 Å². The second kappa shape index (κ2) is 7.12. The number of nitrogens with one attached hydrogen (secondary N) is 2. The van der Waals surface area contributed by atoms with E-state index in [1.54, 1.807) is 13.2 Å². The summed E-state index contributed by atoms with van der Waals surface area (Å²) in [5.74, 6) is 0.604. The first kappa shape index (κ1) is 18.1. The molecule has 3 amide bonds. The van der Waals surface area contributed by atoms with Gasteiger partial charge in [-0.2, -0.15) is 0 Å². The summed E-state index contributed by atoms with van der Waals surface area (Å²) >= 11 is 3.44. The van der Waals surface area contributed by atoms with Gasteiger partial charge in [-0.1, -0.05) is 13.8 Å². The molecule has 0 saturated heterocycles. The second-order valence-corrected chi connectivity index (χ2v) is 6.65. The first-order valence-corrected chi connectivity index (χ1v) is 7.94. The van der Waals surface area contributed by atoms with Crippen molar-refractivity contribution in [2.75, 3.05) is 26.1 Å². The van der Waals surface area contributed by atoms with Crippen molar-refractivity contribution in [1.82, 2.24) is 5.32 Å². The Labute approximate surface area is 148 Å². The monoisotopic (exact) mass is 398 g/mol. The van der Waals surface area contributed by atoms with Gasteiger partial charge in [-0.05, 0) is 22.0 Å². The molecule has 8 heteroatoms. The largest absolute Gasteiger partial charge is 0.504 e. The van der Waals surface area contributed by atoms with E-state index >= 15 is 0 Å². The Bertz CT molecular complexity index is 700. The molecule has 130 valence electrons. The molecule has 2 N–H and O–H groups in total. The Balaban J connectivity index is 2.28. The third-order valence-electron chi connectivity index (χ3n) is 3.49. The predicted molar refractivity (Wildman–Crippen MR) is 92.5 cm³/mol. The van der Waals surface area contributed by atoms with Crippen LogP contribution in [0.15, 0.2) is 22.9 Å². The maximum atomic E-state index is 12.0. The number of fused-ring (bicyclic) bond motifs is 1. The lowest BCUT2D eigenvalue weighted by molar-refractivity contribution is -0.115. The van der Waals surface area contributed by atoms with Crippen LogP contribution in [0.4, 0.5) is 10.5 Å². The standard InChI is InChI=1S/C16H19BrN2O5/c1-16(2)8-24-14-10(7-9(17)13(23-4)12(14)16)18-15(21)19-11(20)5-6-22-3/h5-7H,8H2,1-4H3,(H2,18,19,20,21). The lowest BCUT2D eigenvalue weighted by Gasteiger charge is -2.20. The fourth-order valence-electron chi connectivity index (χ4n) is 2.43. The van der Waals surface area contributed by atoms with Crippen molar-refractivity contribution in [3.8, 4) is 11.5 Å². The molecule has 1 aliphatic rings. The number of carbonyl (C=O) groups is 2. The Morgan fingerprint density at radius 1 is 1.38 bits per heavy atom. The van der Waals surface area contributed by atoms with Crippen molar-refractivity contribution in [1.29, 1.82) is 0 Å². The first-order chi connectivity index (χ1) is 11.3. The number of hydrogen-bond acceptors (Lipinski definition) is 5. The Kier molecular flexibility index (Phi) is 5.38. The maximum absolute atomic E-state index is 12.0. The van der Waals surface area contributed by atoms with Gasteiger partial charge < -0.3 is 19.5 Å². The highest BCUT2D eigenvalue weighted by Crippen LogP contribution is 2.51. The van der Waals surface area contributed by atoms with Gasteiger partial charge in [-0.3, -0.25) is 10.1 Å². The SMILES string of the molecule is COC=CC(=O)NC(=O)Nc1cc(Br)c(OC)c2c1OCC2(C)C. The number of imide groups is 1. The molecule has 0 unspecified atom stereocenters. The summed E-state index contributed by atoms with van der Waals surface area (Å²) in [5, 5.41) is 4.79. The highest BCUT2D eigenvalue weighted by atomic mass is 79.9. The number of halogens is 1. The smallest absolute Gasteiger partial charge is 0.326 e. The number of urea groups is 1. The molecule has 0 aromatic heterocycles. The van der Waals surface area contributed by atoms with Crippen LogP contribution in [0, 0.1) is 0 Å². The Morgan fingerprint density at radius 2 is 2.08 bits per heavy atom. The quantitative estimate of drug-likeness (QED) is 0.601. The molecule has 0 atom stereocenters. The highest BCUT2D eigenvalue weighted by molar-refractivity contribution is 9.10. The fraction of sp³-hybridized carbons (Fsp3) is 0.375. The van der Waals surface area contributed by atoms with Gasteiger partial charge in [0.1, 0.15) is 5.75 Å². The summed E-state index contributed by atoms with van der Waals surface area (Å²) in [4.78, 5) is 23.5. The number of ether oxygens (including phenoxy) is 3. The van der Waals surface area contributed by atoms with E-state index in [-0.39, 0.29) is 5.41 Å². The van der Waals surface area contributed by atoms with Crippen LogP contribution in [0.5, 0.6) is 11.5 Å². The van der Waals surface area contributed by atoms with Crippen molar-refractivity contribution in [3.63, 3.8) is 0 Å². The number of rotatable bonds is 4. The molecular weight excluding hydrogens is 380 g/mol. The minimum absolute atomic E-state index is 0.269. The summed E-state index contributed by atoms with van der Waals surface area (Å²) in [6, 6.07) is 1.00. The minimum atomic E-state index is -0.673. The van der Waals surface area contributed by atoms with Crippen molar-refractivity contribution in [2.45, 2.75) is 19.3 Å². The van der Waals surface area contributed by atoms with Crippen molar-refractivity contribution in [3.05, 3.63) is 28.4 Å². The van der Waals surface area contributed by atoms with E-state index in [0.29, 0.717) is 28.3 Å². The van der Waals surface area contributed by atoms with Gasteiger partial charge in [-0.15, -0.1) is 0 Å². The topological polar surface area (TPSA) is 85.9 Å². The van der Waals surface area contributed by atoms with E-state index in [1.807, 2.05) is 13.8 Å². The molecule has 0 saturated carbocycles. The molecular formula is C16H19BrN2O5. The van der Waals surface area contributed by atoms with Gasteiger partial charge in [-0.25, -0.2) is 4.79 Å². The second-order valence-electron chi connectivity index (χ2n) is 5.80. The van der Waals surface area contributed by atoms with Crippen LogP contribution >= 0.6 is 15.9 Å². The van der Waals surface area contributed by atoms with Crippen LogP contribution in [-0.4, -0.2) is 32.8 Å². The summed E-state index contributed by atoms with van der Waals surface area (Å²) < 4.78 is 16.5. The van der Waals surface area contributed by atoms with Crippen LogP contribution in [0.2, 0.25) is 0 Å². The Morgan fingerprint density at radius 3 is 2.71 bits per heavy atom. The number of hydrogen-bond donors (Lipinski definition) is 2. The van der Waals surface area contributed by atoms with Crippen LogP contribution in [0.1, 0.15) is 19.4 Å². The van der Waals surface area contributed by atoms with Crippen LogP contribution in [0.25, 0.3) is 0 Å². The van der Waals surface area contributed by atoms with Crippen molar-refractivity contribution < 1.29 is 23.8 Å². The molecule has 0 aliphatic carbocycles. The molecule has 1 heterocycles. The van der Waals surface area contributed by atoms with E-state index in [4.69, 9.17) is 9.47 Å². The molecule has 7 nitrogen and oxygen atoms in total. The zero-order valence-corrected chi connectivity index (χ0v) is 15.4. The van der Waals surface area contributed by atoms with Crippen LogP contribution in [0.3, 0.4) is 0 Å². The number of benzene rings is 1. The van der Waals surface area contributed by atoms with E-state index in [0.717, 1.165) is 11.6 Å². The molecule has 0 bridgehead atoms. The Hall–Kier alpha value is -2.22. The lowest BCUT2D eigenvalue weighted by atomic mass is 9.86. The van der Waals surface area contributed by atoms with Gasteiger partial charge in [0.2, 0.25) is 0 Å².